The number of ether oxygens (including phenoxy) is 1. The van der Waals surface area contributed by atoms with E-state index in [1.54, 1.807) is 0 Å². The van der Waals surface area contributed by atoms with Crippen LogP contribution >= 0.6 is 11.6 Å². The summed E-state index contributed by atoms with van der Waals surface area (Å²) >= 11 is 5.95. The molecule has 2 aromatic rings. The summed E-state index contributed by atoms with van der Waals surface area (Å²) < 4.78 is 7.66. The predicted molar refractivity (Wildman–Crippen MR) is 99.6 cm³/mol. The summed E-state index contributed by atoms with van der Waals surface area (Å²) in [6.07, 6.45) is 1.52. The number of hydrogen-bond donors (Lipinski definition) is 0. The first kappa shape index (κ1) is 17.0. The first-order chi connectivity index (χ1) is 13.0. The summed E-state index contributed by atoms with van der Waals surface area (Å²) in [5, 5.41) is 5.28. The molecular formula is C20H20ClN3O3. The molecule has 7 heteroatoms. The Hall–Kier alpha value is -2.18. The summed E-state index contributed by atoms with van der Waals surface area (Å²) in [6, 6.07) is 7.58. The molecule has 27 heavy (non-hydrogen) atoms. The molecule has 0 unspecified atom stereocenters. The van der Waals surface area contributed by atoms with Crippen LogP contribution in [0.1, 0.15) is 29.8 Å². The van der Waals surface area contributed by atoms with Crippen LogP contribution in [0.4, 0.5) is 5.69 Å². The van der Waals surface area contributed by atoms with Crippen LogP contribution in [0.3, 0.4) is 0 Å². The van der Waals surface area contributed by atoms with Gasteiger partial charge in [0.1, 0.15) is 0 Å². The number of nitrogens with zero attached hydrogens (tertiary/aromatic N) is 3. The van der Waals surface area contributed by atoms with Gasteiger partial charge in [-0.3, -0.25) is 14.3 Å². The van der Waals surface area contributed by atoms with Crippen LogP contribution in [0.25, 0.3) is 0 Å². The molecule has 0 aliphatic carbocycles. The SMILES string of the molecule is Cc1nn(Cc2ccc(Cl)cc2)c(C)c1N1C(=O)[C@@H]2[C@@H](C1=O)[C@H]1CC[C@H]2O1. The minimum atomic E-state index is -0.324. The first-order valence-corrected chi connectivity index (χ1v) is 9.65. The van der Waals surface area contributed by atoms with E-state index in [0.717, 1.165) is 24.1 Å². The summed E-state index contributed by atoms with van der Waals surface area (Å²) in [5.74, 6) is -0.909. The smallest absolute Gasteiger partial charge is 0.240 e. The largest absolute Gasteiger partial charge is 0.373 e. The molecule has 0 radical (unpaired) electrons. The van der Waals surface area contributed by atoms with E-state index < -0.39 is 0 Å². The van der Waals surface area contributed by atoms with Crippen molar-refractivity contribution >= 4 is 29.1 Å². The van der Waals surface area contributed by atoms with Crippen LogP contribution in [0.2, 0.25) is 5.02 Å². The third-order valence-corrected chi connectivity index (χ3v) is 6.35. The number of benzene rings is 1. The van der Waals surface area contributed by atoms with Crippen molar-refractivity contribution in [2.45, 2.75) is 45.4 Å². The molecule has 2 bridgehead atoms. The summed E-state index contributed by atoms with van der Waals surface area (Å²) in [7, 11) is 0. The van der Waals surface area contributed by atoms with Gasteiger partial charge in [-0.05, 0) is 44.4 Å². The molecule has 0 N–H and O–H groups in total. The second-order valence-corrected chi connectivity index (χ2v) is 8.09. The standard InChI is InChI=1S/C20H20ClN3O3/c1-10-18(11(2)23(22-10)9-12-3-5-13(21)6-4-12)24-19(25)16-14-7-8-15(27-14)17(16)20(24)26/h3-6,14-17H,7-9H2,1-2H3/t14-,15-,16+,17+/m1/s1. The molecule has 3 saturated heterocycles. The molecular weight excluding hydrogens is 366 g/mol. The van der Waals surface area contributed by atoms with Gasteiger partial charge < -0.3 is 4.74 Å². The monoisotopic (exact) mass is 385 g/mol. The highest BCUT2D eigenvalue weighted by atomic mass is 35.5. The fraction of sp³-hybridized carbons (Fsp3) is 0.450. The van der Waals surface area contributed by atoms with Gasteiger partial charge in [-0.25, -0.2) is 4.90 Å². The molecule has 4 atom stereocenters. The first-order valence-electron chi connectivity index (χ1n) is 9.27. The molecule has 0 spiro atoms. The van der Waals surface area contributed by atoms with E-state index in [2.05, 4.69) is 5.10 Å². The van der Waals surface area contributed by atoms with E-state index in [1.165, 1.54) is 4.90 Å². The van der Waals surface area contributed by atoms with Crippen molar-refractivity contribution in [2.24, 2.45) is 11.8 Å². The number of rotatable bonds is 3. The van der Waals surface area contributed by atoms with E-state index in [0.29, 0.717) is 22.9 Å². The quantitative estimate of drug-likeness (QED) is 0.762. The average Bonchev–Trinajstić information content (AvgIpc) is 3.37. The maximum Gasteiger partial charge on any atom is 0.240 e. The third kappa shape index (κ3) is 2.39. The number of aryl methyl sites for hydroxylation is 1. The molecule has 140 valence electrons. The van der Waals surface area contributed by atoms with Crippen LogP contribution in [0, 0.1) is 25.7 Å². The lowest BCUT2D eigenvalue weighted by Gasteiger charge is -2.18. The average molecular weight is 386 g/mol. The topological polar surface area (TPSA) is 64.4 Å². The fourth-order valence-electron chi connectivity index (χ4n) is 4.86. The summed E-state index contributed by atoms with van der Waals surface area (Å²) in [5.41, 5.74) is 3.19. The Balaban J connectivity index is 1.49. The Labute approximate surface area is 162 Å². The Morgan fingerprint density at radius 3 is 2.26 bits per heavy atom. The van der Waals surface area contributed by atoms with Crippen molar-refractivity contribution in [3.63, 3.8) is 0 Å². The number of carbonyl (C=O) groups is 2. The number of hydrogen-bond acceptors (Lipinski definition) is 4. The highest BCUT2D eigenvalue weighted by molar-refractivity contribution is 6.30. The normalized spacial score (nSPS) is 29.1. The molecule has 3 fully saturated rings. The molecule has 4 heterocycles. The number of amides is 2. The zero-order valence-electron chi connectivity index (χ0n) is 15.2. The van der Waals surface area contributed by atoms with Crippen LogP contribution in [-0.2, 0) is 20.9 Å². The maximum absolute atomic E-state index is 13.1. The van der Waals surface area contributed by atoms with Gasteiger partial charge in [-0.2, -0.15) is 5.10 Å². The second-order valence-electron chi connectivity index (χ2n) is 7.66. The van der Waals surface area contributed by atoms with Gasteiger partial charge in [-0.15, -0.1) is 0 Å². The lowest BCUT2D eigenvalue weighted by Crippen LogP contribution is -2.35. The van der Waals surface area contributed by atoms with Crippen LogP contribution in [0.5, 0.6) is 0 Å². The van der Waals surface area contributed by atoms with Crippen LogP contribution in [0.15, 0.2) is 24.3 Å². The Bertz CT molecular complexity index is 924. The zero-order chi connectivity index (χ0) is 18.9. The second kappa shape index (κ2) is 5.91. The Kier molecular flexibility index (Phi) is 3.71. The van der Waals surface area contributed by atoms with Crippen LogP contribution in [-0.4, -0.2) is 33.8 Å². The molecule has 3 aliphatic heterocycles. The minimum Gasteiger partial charge on any atom is -0.373 e. The van der Waals surface area contributed by atoms with Crippen molar-refractivity contribution in [2.75, 3.05) is 4.90 Å². The Morgan fingerprint density at radius 2 is 1.67 bits per heavy atom. The van der Waals surface area contributed by atoms with Crippen molar-refractivity contribution in [1.29, 1.82) is 0 Å². The summed E-state index contributed by atoms with van der Waals surface area (Å²) in [6.45, 7) is 4.31. The predicted octanol–water partition coefficient (Wildman–Crippen LogP) is 2.87. The van der Waals surface area contributed by atoms with Crippen molar-refractivity contribution < 1.29 is 14.3 Å². The number of aromatic nitrogens is 2. The lowest BCUT2D eigenvalue weighted by molar-refractivity contribution is -0.124. The van der Waals surface area contributed by atoms with Crippen molar-refractivity contribution in [3.05, 3.63) is 46.2 Å². The van der Waals surface area contributed by atoms with Gasteiger partial charge >= 0.3 is 0 Å². The summed E-state index contributed by atoms with van der Waals surface area (Å²) in [4.78, 5) is 27.5. The molecule has 0 saturated carbocycles. The molecule has 1 aromatic carbocycles. The molecule has 6 nitrogen and oxygen atoms in total. The van der Waals surface area contributed by atoms with E-state index in [9.17, 15) is 9.59 Å². The van der Waals surface area contributed by atoms with Gasteiger partial charge in [0.05, 0.1) is 47.7 Å². The third-order valence-electron chi connectivity index (χ3n) is 6.10. The highest BCUT2D eigenvalue weighted by Gasteiger charge is 2.63. The highest BCUT2D eigenvalue weighted by Crippen LogP contribution is 2.50. The van der Waals surface area contributed by atoms with Gasteiger partial charge in [0.15, 0.2) is 0 Å². The van der Waals surface area contributed by atoms with Gasteiger partial charge in [0, 0.05) is 5.02 Å². The van der Waals surface area contributed by atoms with Crippen LogP contribution < -0.4 is 4.90 Å². The number of carbonyl (C=O) groups excluding carboxylic acids is 2. The number of fused-ring (bicyclic) bond motifs is 5. The van der Waals surface area contributed by atoms with Gasteiger partial charge in [0.25, 0.3) is 0 Å². The lowest BCUT2D eigenvalue weighted by atomic mass is 9.81. The molecule has 3 aliphatic rings. The Morgan fingerprint density at radius 1 is 1.07 bits per heavy atom. The van der Waals surface area contributed by atoms with E-state index in [-0.39, 0.29) is 35.9 Å². The van der Waals surface area contributed by atoms with Gasteiger partial charge in [-0.1, -0.05) is 23.7 Å². The maximum atomic E-state index is 13.1. The van der Waals surface area contributed by atoms with Gasteiger partial charge in [0.2, 0.25) is 11.8 Å². The molecule has 2 amide bonds. The van der Waals surface area contributed by atoms with E-state index in [1.807, 2.05) is 42.8 Å². The fourth-order valence-corrected chi connectivity index (χ4v) is 4.99. The molecule has 1 aromatic heterocycles. The van der Waals surface area contributed by atoms with Crippen molar-refractivity contribution in [1.82, 2.24) is 9.78 Å². The number of anilines is 1. The zero-order valence-corrected chi connectivity index (χ0v) is 15.9. The van der Waals surface area contributed by atoms with E-state index >= 15 is 0 Å². The van der Waals surface area contributed by atoms with E-state index in [4.69, 9.17) is 16.3 Å². The molecule has 5 rings (SSSR count). The number of imide groups is 1. The number of halogens is 1. The minimum absolute atomic E-state index is 0.105. The van der Waals surface area contributed by atoms with Crippen molar-refractivity contribution in [3.8, 4) is 0 Å².